The first kappa shape index (κ1) is 17.1. The third kappa shape index (κ3) is 2.80. The number of carbonyl (C=O) groups is 1. The van der Waals surface area contributed by atoms with Gasteiger partial charge in [-0.25, -0.2) is 0 Å². The largest absolute Gasteiger partial charge is 0.483 e. The zero-order chi connectivity index (χ0) is 19.3. The lowest BCUT2D eigenvalue weighted by atomic mass is 9.96. The second kappa shape index (κ2) is 6.26. The quantitative estimate of drug-likeness (QED) is 0.679. The molecule has 1 aromatic heterocycles. The third-order valence-corrected chi connectivity index (χ3v) is 5.75. The molecule has 5 rings (SSSR count). The van der Waals surface area contributed by atoms with Crippen molar-refractivity contribution in [3.05, 3.63) is 70.9 Å². The van der Waals surface area contributed by atoms with E-state index < -0.39 is 0 Å². The molecule has 2 aromatic carbocycles. The van der Waals surface area contributed by atoms with E-state index in [1.54, 1.807) is 0 Å². The fourth-order valence-electron chi connectivity index (χ4n) is 4.34. The summed E-state index contributed by atoms with van der Waals surface area (Å²) in [6.07, 6.45) is 6.00. The number of aromatic nitrogens is 1. The van der Waals surface area contributed by atoms with Crippen LogP contribution in [0.25, 0.3) is 17.0 Å². The molecule has 4 heteroatoms. The molecule has 0 atom stereocenters. The lowest BCUT2D eigenvalue weighted by Gasteiger charge is -2.28. The zero-order valence-electron chi connectivity index (χ0n) is 16.3. The van der Waals surface area contributed by atoms with Crippen molar-refractivity contribution in [1.29, 1.82) is 0 Å². The standard InChI is InChI=1S/C24H24N2O2/c1-24(2)13-10-18-21(28-24)9-8-20-22(18)17-11-14-26(15-12-19(17)25-20)23(27)16-6-4-3-5-7-16/h3-10,13,25H,11-12,14-15H2,1-2H3. The highest BCUT2D eigenvalue weighted by molar-refractivity contribution is 5.96. The van der Waals surface area contributed by atoms with Gasteiger partial charge in [0.2, 0.25) is 0 Å². The van der Waals surface area contributed by atoms with Gasteiger partial charge in [-0.05, 0) is 56.2 Å². The van der Waals surface area contributed by atoms with Crippen molar-refractivity contribution >= 4 is 22.9 Å². The molecule has 4 nitrogen and oxygen atoms in total. The van der Waals surface area contributed by atoms with Gasteiger partial charge in [0.05, 0.1) is 0 Å². The maximum atomic E-state index is 12.9. The summed E-state index contributed by atoms with van der Waals surface area (Å²) in [5.74, 6) is 1.05. The SMILES string of the molecule is CC1(C)C=Cc2c(ccc3[nH]c4c(c23)CCN(C(=O)c2ccccc2)CC4)O1. The van der Waals surface area contributed by atoms with Crippen molar-refractivity contribution in [3.8, 4) is 5.75 Å². The Morgan fingerprint density at radius 3 is 2.68 bits per heavy atom. The van der Waals surface area contributed by atoms with Crippen LogP contribution in [-0.4, -0.2) is 34.5 Å². The molecule has 1 N–H and O–H groups in total. The number of hydrogen-bond acceptors (Lipinski definition) is 2. The zero-order valence-corrected chi connectivity index (χ0v) is 16.3. The van der Waals surface area contributed by atoms with E-state index in [9.17, 15) is 4.79 Å². The van der Waals surface area contributed by atoms with Crippen LogP contribution in [-0.2, 0) is 12.8 Å². The molecule has 3 aromatic rings. The van der Waals surface area contributed by atoms with Crippen LogP contribution in [0.2, 0.25) is 0 Å². The van der Waals surface area contributed by atoms with E-state index in [-0.39, 0.29) is 11.5 Å². The van der Waals surface area contributed by atoms with E-state index in [0.29, 0.717) is 0 Å². The lowest BCUT2D eigenvalue weighted by molar-refractivity contribution is 0.0763. The highest BCUT2D eigenvalue weighted by Gasteiger charge is 2.27. The molecule has 0 unspecified atom stereocenters. The second-order valence-corrected chi connectivity index (χ2v) is 8.18. The highest BCUT2D eigenvalue weighted by atomic mass is 16.5. The maximum absolute atomic E-state index is 12.9. The Labute approximate surface area is 164 Å². The van der Waals surface area contributed by atoms with Gasteiger partial charge in [-0.1, -0.05) is 24.3 Å². The number of H-pyrrole nitrogens is 1. The smallest absolute Gasteiger partial charge is 0.253 e. The van der Waals surface area contributed by atoms with Crippen LogP contribution in [0.15, 0.2) is 48.5 Å². The van der Waals surface area contributed by atoms with E-state index >= 15 is 0 Å². The van der Waals surface area contributed by atoms with E-state index in [2.05, 4.69) is 43.1 Å². The molecule has 2 aliphatic heterocycles. The molecule has 28 heavy (non-hydrogen) atoms. The summed E-state index contributed by atoms with van der Waals surface area (Å²) in [4.78, 5) is 18.4. The number of carbonyl (C=O) groups excluding carboxylic acids is 1. The molecule has 0 spiro atoms. The Balaban J connectivity index is 1.50. The molecule has 0 bridgehead atoms. The highest BCUT2D eigenvalue weighted by Crippen LogP contribution is 2.39. The molecule has 0 fully saturated rings. The van der Waals surface area contributed by atoms with Gasteiger partial charge in [-0.3, -0.25) is 4.79 Å². The third-order valence-electron chi connectivity index (χ3n) is 5.75. The number of ether oxygens (including phenoxy) is 1. The minimum Gasteiger partial charge on any atom is -0.483 e. The van der Waals surface area contributed by atoms with Gasteiger partial charge < -0.3 is 14.6 Å². The number of benzene rings is 2. The number of nitrogens with one attached hydrogen (secondary N) is 1. The fraction of sp³-hybridized carbons (Fsp3) is 0.292. The van der Waals surface area contributed by atoms with Crippen LogP contribution in [0.3, 0.4) is 0 Å². The Hall–Kier alpha value is -3.01. The van der Waals surface area contributed by atoms with Crippen LogP contribution >= 0.6 is 0 Å². The van der Waals surface area contributed by atoms with E-state index in [1.165, 1.54) is 16.6 Å². The lowest BCUT2D eigenvalue weighted by Crippen LogP contribution is -2.33. The number of hydrogen-bond donors (Lipinski definition) is 1. The second-order valence-electron chi connectivity index (χ2n) is 8.18. The minimum atomic E-state index is -0.285. The first-order chi connectivity index (χ1) is 13.5. The van der Waals surface area contributed by atoms with Crippen LogP contribution in [0, 0.1) is 0 Å². The van der Waals surface area contributed by atoms with Gasteiger partial charge in [0.1, 0.15) is 11.4 Å². The minimum absolute atomic E-state index is 0.113. The van der Waals surface area contributed by atoms with Crippen LogP contribution in [0.5, 0.6) is 5.75 Å². The Morgan fingerprint density at radius 2 is 1.86 bits per heavy atom. The molecule has 3 heterocycles. The van der Waals surface area contributed by atoms with Crippen molar-refractivity contribution in [2.24, 2.45) is 0 Å². The number of amides is 1. The molecule has 0 saturated heterocycles. The van der Waals surface area contributed by atoms with Crippen molar-refractivity contribution in [2.45, 2.75) is 32.3 Å². The summed E-state index contributed by atoms with van der Waals surface area (Å²) < 4.78 is 6.17. The van der Waals surface area contributed by atoms with Crippen molar-refractivity contribution in [3.63, 3.8) is 0 Å². The average Bonchev–Trinajstić information content (AvgIpc) is 2.92. The summed E-state index contributed by atoms with van der Waals surface area (Å²) in [6, 6.07) is 13.7. The fourth-order valence-corrected chi connectivity index (χ4v) is 4.34. The first-order valence-corrected chi connectivity index (χ1v) is 9.91. The summed E-state index contributed by atoms with van der Waals surface area (Å²) in [6.45, 7) is 5.60. The molecule has 142 valence electrons. The van der Waals surface area contributed by atoms with Gasteiger partial charge >= 0.3 is 0 Å². The van der Waals surface area contributed by atoms with Gasteiger partial charge in [-0.2, -0.15) is 0 Å². The summed E-state index contributed by atoms with van der Waals surface area (Å²) in [5.41, 5.74) is 5.34. The van der Waals surface area contributed by atoms with Gasteiger partial charge in [0.15, 0.2) is 0 Å². The molecule has 1 amide bonds. The van der Waals surface area contributed by atoms with Crippen molar-refractivity contribution in [1.82, 2.24) is 9.88 Å². The monoisotopic (exact) mass is 372 g/mol. The average molecular weight is 372 g/mol. The molecule has 2 aliphatic rings. The molecular weight excluding hydrogens is 348 g/mol. The van der Waals surface area contributed by atoms with Crippen LogP contribution in [0.1, 0.15) is 41.0 Å². The van der Waals surface area contributed by atoms with E-state index in [0.717, 1.165) is 48.3 Å². The van der Waals surface area contributed by atoms with Gasteiger partial charge in [0, 0.05) is 47.2 Å². The Bertz CT molecular complexity index is 1090. The predicted molar refractivity (Wildman–Crippen MR) is 112 cm³/mol. The predicted octanol–water partition coefficient (Wildman–Crippen LogP) is 4.59. The van der Waals surface area contributed by atoms with Crippen LogP contribution < -0.4 is 4.74 Å². The topological polar surface area (TPSA) is 45.3 Å². The summed E-state index contributed by atoms with van der Waals surface area (Å²) >= 11 is 0. The van der Waals surface area contributed by atoms with Gasteiger partial charge in [-0.15, -0.1) is 0 Å². The van der Waals surface area contributed by atoms with E-state index in [1.807, 2.05) is 35.2 Å². The maximum Gasteiger partial charge on any atom is 0.253 e. The first-order valence-electron chi connectivity index (χ1n) is 9.91. The molecule has 0 aliphatic carbocycles. The summed E-state index contributed by atoms with van der Waals surface area (Å²) in [5, 5.41) is 1.24. The van der Waals surface area contributed by atoms with Crippen molar-refractivity contribution < 1.29 is 9.53 Å². The van der Waals surface area contributed by atoms with Gasteiger partial charge in [0.25, 0.3) is 5.91 Å². The molecular formula is C24H24N2O2. The van der Waals surface area contributed by atoms with E-state index in [4.69, 9.17) is 4.74 Å². The summed E-state index contributed by atoms with van der Waals surface area (Å²) in [7, 11) is 0. The van der Waals surface area contributed by atoms with Crippen molar-refractivity contribution in [2.75, 3.05) is 13.1 Å². The normalized spacial score (nSPS) is 17.6. The number of rotatable bonds is 1. The number of nitrogens with zero attached hydrogens (tertiary/aromatic N) is 1. The Morgan fingerprint density at radius 1 is 1.07 bits per heavy atom. The number of fused-ring (bicyclic) bond motifs is 5. The molecule has 0 saturated carbocycles. The Kier molecular flexibility index (Phi) is 3.83. The van der Waals surface area contributed by atoms with Crippen LogP contribution in [0.4, 0.5) is 0 Å². The number of aromatic amines is 1. The molecule has 0 radical (unpaired) electrons.